The third-order valence-corrected chi connectivity index (χ3v) is 4.01. The van der Waals surface area contributed by atoms with Gasteiger partial charge in [0.2, 0.25) is 10.0 Å². The number of hydrogen-bond acceptors (Lipinski definition) is 4. The third-order valence-electron chi connectivity index (χ3n) is 2.35. The zero-order chi connectivity index (χ0) is 14.1. The molecule has 4 N–H and O–H groups in total. The third kappa shape index (κ3) is 3.09. The van der Waals surface area contributed by atoms with Gasteiger partial charge in [-0.05, 0) is 19.9 Å². The van der Waals surface area contributed by atoms with Gasteiger partial charge in [-0.1, -0.05) is 0 Å². The number of rotatable bonds is 5. The van der Waals surface area contributed by atoms with Crippen molar-refractivity contribution < 1.29 is 18.3 Å². The molecule has 1 amide bonds. The highest BCUT2D eigenvalue weighted by molar-refractivity contribution is 7.89. The number of hydrogen-bond donors (Lipinski definition) is 3. The maximum Gasteiger partial charge on any atom is 0.265 e. The molecule has 7 nitrogen and oxygen atoms in total. The van der Waals surface area contributed by atoms with Crippen molar-refractivity contribution in [2.45, 2.75) is 24.3 Å². The van der Waals surface area contributed by atoms with Crippen LogP contribution < -0.4 is 10.5 Å². The monoisotopic (exact) mass is 275 g/mol. The highest BCUT2D eigenvalue weighted by Crippen LogP contribution is 2.15. The summed E-state index contributed by atoms with van der Waals surface area (Å²) < 4.78 is 27.7. The van der Waals surface area contributed by atoms with Gasteiger partial charge < -0.3 is 15.4 Å². The maximum atomic E-state index is 12.0. The summed E-state index contributed by atoms with van der Waals surface area (Å²) in [5, 5.41) is 9.05. The molecule has 0 spiro atoms. The lowest BCUT2D eigenvalue weighted by molar-refractivity contribution is 0.0992. The molecule has 0 aromatic carbocycles. The first-order valence-electron chi connectivity index (χ1n) is 5.20. The fourth-order valence-corrected chi connectivity index (χ4v) is 2.85. The Balaban J connectivity index is 3.14. The van der Waals surface area contributed by atoms with Crippen molar-refractivity contribution in [1.82, 2.24) is 9.29 Å². The molecular weight excluding hydrogens is 258 g/mol. The van der Waals surface area contributed by atoms with E-state index in [9.17, 15) is 13.2 Å². The molecule has 8 heteroatoms. The molecule has 1 heterocycles. The summed E-state index contributed by atoms with van der Waals surface area (Å²) in [5.41, 5.74) is 4.22. The summed E-state index contributed by atoms with van der Waals surface area (Å²) in [4.78, 5) is 11.0. The zero-order valence-corrected chi connectivity index (χ0v) is 11.3. The molecule has 0 bridgehead atoms. The van der Waals surface area contributed by atoms with Gasteiger partial charge >= 0.3 is 0 Å². The second-order valence-electron chi connectivity index (χ2n) is 4.68. The second-order valence-corrected chi connectivity index (χ2v) is 6.37. The molecule has 18 heavy (non-hydrogen) atoms. The van der Waals surface area contributed by atoms with Crippen LogP contribution in [-0.4, -0.2) is 36.1 Å². The fourth-order valence-electron chi connectivity index (χ4n) is 1.38. The van der Waals surface area contributed by atoms with Crippen LogP contribution >= 0.6 is 0 Å². The van der Waals surface area contributed by atoms with Gasteiger partial charge in [-0.25, -0.2) is 13.1 Å². The summed E-state index contributed by atoms with van der Waals surface area (Å²) in [6.45, 7) is 2.74. The lowest BCUT2D eigenvalue weighted by atomic mass is 10.1. The maximum absolute atomic E-state index is 12.0. The van der Waals surface area contributed by atoms with Crippen molar-refractivity contribution in [3.8, 4) is 0 Å². The smallest absolute Gasteiger partial charge is 0.265 e. The molecule has 0 unspecified atom stereocenters. The number of aryl methyl sites for hydroxylation is 1. The SMILES string of the molecule is Cn1cc(S(=O)(=O)NC(C)(C)CO)cc1C(N)=O. The minimum Gasteiger partial charge on any atom is -0.394 e. The Morgan fingerprint density at radius 3 is 2.50 bits per heavy atom. The van der Waals surface area contributed by atoms with E-state index in [0.29, 0.717) is 0 Å². The highest BCUT2D eigenvalue weighted by atomic mass is 32.2. The Labute approximate surface area is 106 Å². The molecule has 0 aliphatic heterocycles. The van der Waals surface area contributed by atoms with Crippen LogP contribution in [0.25, 0.3) is 0 Å². The molecule has 0 aliphatic rings. The van der Waals surface area contributed by atoms with Crippen molar-refractivity contribution in [2.75, 3.05) is 6.61 Å². The average molecular weight is 275 g/mol. The summed E-state index contributed by atoms with van der Waals surface area (Å²) in [6, 6.07) is 1.19. The van der Waals surface area contributed by atoms with Gasteiger partial charge in [-0.2, -0.15) is 0 Å². The van der Waals surface area contributed by atoms with E-state index in [2.05, 4.69) is 4.72 Å². The number of nitrogens with two attached hydrogens (primary N) is 1. The van der Waals surface area contributed by atoms with Gasteiger partial charge in [0.05, 0.1) is 12.1 Å². The molecule has 0 atom stereocenters. The van der Waals surface area contributed by atoms with E-state index in [4.69, 9.17) is 10.8 Å². The Bertz CT molecular complexity index is 560. The molecule has 1 aromatic rings. The van der Waals surface area contributed by atoms with Crippen molar-refractivity contribution in [3.63, 3.8) is 0 Å². The number of aliphatic hydroxyl groups excluding tert-OH is 1. The molecule has 1 rings (SSSR count). The molecule has 0 saturated carbocycles. The van der Waals surface area contributed by atoms with Crippen LogP contribution in [0.3, 0.4) is 0 Å². The lowest BCUT2D eigenvalue weighted by Crippen LogP contribution is -2.46. The molecule has 0 fully saturated rings. The van der Waals surface area contributed by atoms with E-state index in [0.717, 1.165) is 0 Å². The highest BCUT2D eigenvalue weighted by Gasteiger charge is 2.27. The standard InChI is InChI=1S/C10H17N3O4S/c1-10(2,6-14)12-18(16,17)7-4-8(9(11)15)13(3)5-7/h4-5,12,14H,6H2,1-3H3,(H2,11,15). The number of carbonyl (C=O) groups excluding carboxylic acids is 1. The number of nitrogens with one attached hydrogen (secondary N) is 1. The van der Waals surface area contributed by atoms with Gasteiger partial charge in [0, 0.05) is 13.2 Å². The first-order valence-corrected chi connectivity index (χ1v) is 6.68. The second kappa shape index (κ2) is 4.71. The number of amides is 1. The van der Waals surface area contributed by atoms with Crippen LogP contribution in [0.2, 0.25) is 0 Å². The van der Waals surface area contributed by atoms with E-state index in [1.54, 1.807) is 13.8 Å². The van der Waals surface area contributed by atoms with E-state index >= 15 is 0 Å². The van der Waals surface area contributed by atoms with Crippen molar-refractivity contribution >= 4 is 15.9 Å². The van der Waals surface area contributed by atoms with Gasteiger partial charge in [-0.3, -0.25) is 4.79 Å². The van der Waals surface area contributed by atoms with Gasteiger partial charge in [0.1, 0.15) is 10.6 Å². The Morgan fingerprint density at radius 2 is 2.11 bits per heavy atom. The van der Waals surface area contributed by atoms with Crippen LogP contribution in [0.4, 0.5) is 0 Å². The number of primary amides is 1. The van der Waals surface area contributed by atoms with E-state index in [1.165, 1.54) is 23.9 Å². The molecule has 0 aliphatic carbocycles. The van der Waals surface area contributed by atoms with Gasteiger partial charge in [-0.15, -0.1) is 0 Å². The van der Waals surface area contributed by atoms with Crippen molar-refractivity contribution in [3.05, 3.63) is 18.0 Å². The normalized spacial score (nSPS) is 12.7. The number of nitrogens with zero attached hydrogens (tertiary/aromatic N) is 1. The molecule has 1 aromatic heterocycles. The minimum absolute atomic E-state index is 0.0691. The van der Waals surface area contributed by atoms with Crippen LogP contribution in [0, 0.1) is 0 Å². The zero-order valence-electron chi connectivity index (χ0n) is 10.5. The summed E-state index contributed by atoms with van der Waals surface area (Å²) in [6.07, 6.45) is 1.29. The van der Waals surface area contributed by atoms with Crippen LogP contribution in [0.5, 0.6) is 0 Å². The number of aromatic nitrogens is 1. The van der Waals surface area contributed by atoms with Gasteiger partial charge in [0.25, 0.3) is 5.91 Å². The Hall–Kier alpha value is -1.38. The predicted octanol–water partition coefficient (Wildman–Crippen LogP) is -0.827. The quantitative estimate of drug-likeness (QED) is 0.650. The predicted molar refractivity (Wildman–Crippen MR) is 65.4 cm³/mol. The summed E-state index contributed by atoms with van der Waals surface area (Å²) in [5.74, 6) is -0.708. The molecular formula is C10H17N3O4S. The number of carbonyl (C=O) groups is 1. The van der Waals surface area contributed by atoms with E-state index < -0.39 is 21.5 Å². The Kier molecular flexibility index (Phi) is 3.84. The average Bonchev–Trinajstić information content (AvgIpc) is 2.59. The Morgan fingerprint density at radius 1 is 1.56 bits per heavy atom. The first kappa shape index (κ1) is 14.7. The first-order chi connectivity index (χ1) is 8.09. The fraction of sp³-hybridized carbons (Fsp3) is 0.500. The van der Waals surface area contributed by atoms with Crippen LogP contribution in [0.1, 0.15) is 24.3 Å². The summed E-state index contributed by atoms with van der Waals surface area (Å²) >= 11 is 0. The number of aliphatic hydroxyl groups is 1. The van der Waals surface area contributed by atoms with Crippen LogP contribution in [0.15, 0.2) is 17.2 Å². The van der Waals surface area contributed by atoms with E-state index in [-0.39, 0.29) is 17.2 Å². The summed E-state index contributed by atoms with van der Waals surface area (Å²) in [7, 11) is -2.28. The van der Waals surface area contributed by atoms with E-state index in [1.807, 2.05) is 0 Å². The molecule has 0 radical (unpaired) electrons. The van der Waals surface area contributed by atoms with Crippen molar-refractivity contribution in [1.29, 1.82) is 0 Å². The minimum atomic E-state index is -3.80. The molecule has 102 valence electrons. The lowest BCUT2D eigenvalue weighted by Gasteiger charge is -2.22. The van der Waals surface area contributed by atoms with Crippen LogP contribution in [-0.2, 0) is 17.1 Å². The van der Waals surface area contributed by atoms with Crippen molar-refractivity contribution in [2.24, 2.45) is 12.8 Å². The molecule has 0 saturated heterocycles. The topological polar surface area (TPSA) is 114 Å². The number of sulfonamides is 1. The van der Waals surface area contributed by atoms with Gasteiger partial charge in [0.15, 0.2) is 0 Å². The largest absolute Gasteiger partial charge is 0.394 e.